The molecule has 0 aliphatic rings. The number of aromatic nitrogens is 1. The Hall–Kier alpha value is -1.55. The smallest absolute Gasteiger partial charge is 0.408 e. The SMILES string of the molecule is CCCCCC(N)c1ccc2c(c1)oc(=O)n2CC. The highest BCUT2D eigenvalue weighted by Gasteiger charge is 2.11. The van der Waals surface area contributed by atoms with Crippen molar-refractivity contribution in [3.05, 3.63) is 34.3 Å². The number of nitrogens with two attached hydrogens (primary N) is 1. The lowest BCUT2D eigenvalue weighted by atomic mass is 10.0. The van der Waals surface area contributed by atoms with Crippen molar-refractivity contribution in [2.75, 3.05) is 0 Å². The molecule has 1 heterocycles. The standard InChI is InChI=1S/C15H22N2O2/c1-3-5-6-7-12(16)11-8-9-13-14(10-11)19-15(18)17(13)4-2/h8-10,12H,3-7,16H2,1-2H3. The molecule has 2 N–H and O–H groups in total. The lowest BCUT2D eigenvalue weighted by Crippen LogP contribution is -2.12. The summed E-state index contributed by atoms with van der Waals surface area (Å²) >= 11 is 0. The molecule has 104 valence electrons. The van der Waals surface area contributed by atoms with Crippen LogP contribution in [0, 0.1) is 0 Å². The highest BCUT2D eigenvalue weighted by atomic mass is 16.4. The van der Waals surface area contributed by atoms with Gasteiger partial charge in [-0.05, 0) is 31.0 Å². The predicted octanol–water partition coefficient (Wildman–Crippen LogP) is 3.19. The van der Waals surface area contributed by atoms with E-state index in [0.717, 1.165) is 23.9 Å². The molecule has 1 atom stereocenters. The summed E-state index contributed by atoms with van der Waals surface area (Å²) in [5, 5.41) is 0. The molecule has 2 rings (SSSR count). The van der Waals surface area contributed by atoms with Crippen molar-refractivity contribution in [1.82, 2.24) is 4.57 Å². The number of nitrogens with zero attached hydrogens (tertiary/aromatic N) is 1. The molecular formula is C15H22N2O2. The third kappa shape index (κ3) is 2.89. The predicted molar refractivity (Wildman–Crippen MR) is 77.2 cm³/mol. The van der Waals surface area contributed by atoms with Crippen LogP contribution >= 0.6 is 0 Å². The van der Waals surface area contributed by atoms with Gasteiger partial charge in [-0.3, -0.25) is 4.57 Å². The average molecular weight is 262 g/mol. The zero-order valence-electron chi connectivity index (χ0n) is 11.7. The lowest BCUT2D eigenvalue weighted by molar-refractivity contribution is 0.512. The largest absolute Gasteiger partial charge is 0.419 e. The molecule has 0 spiro atoms. The average Bonchev–Trinajstić information content (AvgIpc) is 2.73. The van der Waals surface area contributed by atoms with Crippen LogP contribution in [0.5, 0.6) is 0 Å². The van der Waals surface area contributed by atoms with Gasteiger partial charge in [0.25, 0.3) is 0 Å². The Morgan fingerprint density at radius 2 is 2.11 bits per heavy atom. The fourth-order valence-electron chi connectivity index (χ4n) is 2.39. The van der Waals surface area contributed by atoms with Crippen molar-refractivity contribution in [2.24, 2.45) is 5.73 Å². The van der Waals surface area contributed by atoms with Gasteiger partial charge in [-0.25, -0.2) is 4.79 Å². The van der Waals surface area contributed by atoms with Gasteiger partial charge in [-0.2, -0.15) is 0 Å². The van der Waals surface area contributed by atoms with Crippen molar-refractivity contribution in [3.8, 4) is 0 Å². The highest BCUT2D eigenvalue weighted by Crippen LogP contribution is 2.22. The third-order valence-electron chi connectivity index (χ3n) is 3.56. The van der Waals surface area contributed by atoms with E-state index in [2.05, 4.69) is 6.92 Å². The van der Waals surface area contributed by atoms with E-state index in [1.165, 1.54) is 12.8 Å². The van der Waals surface area contributed by atoms with E-state index in [0.29, 0.717) is 12.1 Å². The number of hydrogen-bond donors (Lipinski definition) is 1. The molecule has 0 saturated heterocycles. The topological polar surface area (TPSA) is 61.2 Å². The van der Waals surface area contributed by atoms with E-state index in [-0.39, 0.29) is 11.8 Å². The van der Waals surface area contributed by atoms with Gasteiger partial charge in [0, 0.05) is 12.6 Å². The number of unbranched alkanes of at least 4 members (excludes halogenated alkanes) is 2. The molecule has 1 aromatic carbocycles. The summed E-state index contributed by atoms with van der Waals surface area (Å²) in [5.74, 6) is -0.297. The Labute approximate surface area is 113 Å². The van der Waals surface area contributed by atoms with E-state index in [1.54, 1.807) is 4.57 Å². The summed E-state index contributed by atoms with van der Waals surface area (Å²) in [4.78, 5) is 11.6. The van der Waals surface area contributed by atoms with Gasteiger partial charge in [0.05, 0.1) is 5.52 Å². The molecule has 0 aliphatic heterocycles. The molecule has 4 heteroatoms. The molecule has 2 aromatic rings. The second-order valence-electron chi connectivity index (χ2n) is 4.94. The van der Waals surface area contributed by atoms with Crippen LogP contribution in [-0.4, -0.2) is 4.57 Å². The van der Waals surface area contributed by atoms with Crippen LogP contribution in [0.25, 0.3) is 11.1 Å². The van der Waals surface area contributed by atoms with Crippen LogP contribution in [0.4, 0.5) is 0 Å². The van der Waals surface area contributed by atoms with Crippen LogP contribution in [0.15, 0.2) is 27.4 Å². The van der Waals surface area contributed by atoms with Crippen molar-refractivity contribution < 1.29 is 4.42 Å². The first kappa shape index (κ1) is 13.9. The van der Waals surface area contributed by atoms with Crippen LogP contribution < -0.4 is 11.5 Å². The summed E-state index contributed by atoms with van der Waals surface area (Å²) in [6.07, 6.45) is 4.50. The maximum absolute atomic E-state index is 11.6. The molecule has 0 saturated carbocycles. The van der Waals surface area contributed by atoms with Crippen LogP contribution in [-0.2, 0) is 6.54 Å². The zero-order chi connectivity index (χ0) is 13.8. The van der Waals surface area contributed by atoms with Crippen LogP contribution in [0.3, 0.4) is 0 Å². The summed E-state index contributed by atoms with van der Waals surface area (Å²) in [5.41, 5.74) is 8.70. The summed E-state index contributed by atoms with van der Waals surface area (Å²) in [7, 11) is 0. The number of aryl methyl sites for hydroxylation is 1. The molecule has 1 unspecified atom stereocenters. The minimum atomic E-state index is -0.297. The first-order chi connectivity index (χ1) is 9.17. The number of oxazole rings is 1. The lowest BCUT2D eigenvalue weighted by Gasteiger charge is -2.11. The van der Waals surface area contributed by atoms with E-state index in [4.69, 9.17) is 10.2 Å². The van der Waals surface area contributed by atoms with Gasteiger partial charge in [-0.1, -0.05) is 32.3 Å². The first-order valence-electron chi connectivity index (χ1n) is 7.06. The maximum atomic E-state index is 11.6. The maximum Gasteiger partial charge on any atom is 0.419 e. The minimum absolute atomic E-state index is 0.0197. The molecule has 0 aliphatic carbocycles. The molecule has 19 heavy (non-hydrogen) atoms. The second-order valence-corrected chi connectivity index (χ2v) is 4.94. The van der Waals surface area contributed by atoms with Gasteiger partial charge < -0.3 is 10.2 Å². The first-order valence-corrected chi connectivity index (χ1v) is 7.06. The Balaban J connectivity index is 2.24. The molecule has 0 amide bonds. The van der Waals surface area contributed by atoms with Crippen molar-refractivity contribution >= 4 is 11.1 Å². The van der Waals surface area contributed by atoms with Crippen molar-refractivity contribution in [1.29, 1.82) is 0 Å². The van der Waals surface area contributed by atoms with E-state index >= 15 is 0 Å². The Bertz CT molecular complexity index is 598. The Kier molecular flexibility index (Phi) is 4.43. The van der Waals surface area contributed by atoms with E-state index in [9.17, 15) is 4.79 Å². The fraction of sp³-hybridized carbons (Fsp3) is 0.533. The van der Waals surface area contributed by atoms with E-state index in [1.807, 2.05) is 25.1 Å². The monoisotopic (exact) mass is 262 g/mol. The fourth-order valence-corrected chi connectivity index (χ4v) is 2.39. The number of rotatable bonds is 6. The third-order valence-corrected chi connectivity index (χ3v) is 3.56. The van der Waals surface area contributed by atoms with Crippen LogP contribution in [0.1, 0.15) is 51.1 Å². The molecular weight excluding hydrogens is 240 g/mol. The summed E-state index contributed by atoms with van der Waals surface area (Å²) < 4.78 is 6.88. The van der Waals surface area contributed by atoms with Crippen molar-refractivity contribution in [2.45, 2.75) is 52.1 Å². The molecule has 0 bridgehead atoms. The normalized spacial score (nSPS) is 13.0. The molecule has 0 radical (unpaired) electrons. The molecule has 1 aromatic heterocycles. The summed E-state index contributed by atoms with van der Waals surface area (Å²) in [6, 6.07) is 5.85. The second kappa shape index (κ2) is 6.06. The van der Waals surface area contributed by atoms with Crippen LogP contribution in [0.2, 0.25) is 0 Å². The Morgan fingerprint density at radius 1 is 1.32 bits per heavy atom. The Morgan fingerprint density at radius 3 is 2.79 bits per heavy atom. The van der Waals surface area contributed by atoms with Gasteiger partial charge >= 0.3 is 5.76 Å². The number of fused-ring (bicyclic) bond motifs is 1. The number of hydrogen-bond acceptors (Lipinski definition) is 3. The molecule has 4 nitrogen and oxygen atoms in total. The van der Waals surface area contributed by atoms with Gasteiger partial charge in [0.2, 0.25) is 0 Å². The van der Waals surface area contributed by atoms with Crippen molar-refractivity contribution in [3.63, 3.8) is 0 Å². The highest BCUT2D eigenvalue weighted by molar-refractivity contribution is 5.73. The van der Waals surface area contributed by atoms with E-state index < -0.39 is 0 Å². The quantitative estimate of drug-likeness (QED) is 0.813. The van der Waals surface area contributed by atoms with Gasteiger partial charge in [0.1, 0.15) is 0 Å². The molecule has 0 fully saturated rings. The van der Waals surface area contributed by atoms with Gasteiger partial charge in [0.15, 0.2) is 5.58 Å². The number of benzene rings is 1. The summed E-state index contributed by atoms with van der Waals surface area (Å²) in [6.45, 7) is 4.73. The van der Waals surface area contributed by atoms with Gasteiger partial charge in [-0.15, -0.1) is 0 Å². The minimum Gasteiger partial charge on any atom is -0.408 e. The zero-order valence-corrected chi connectivity index (χ0v) is 11.7.